The van der Waals surface area contributed by atoms with E-state index in [1.807, 2.05) is 0 Å². The minimum atomic E-state index is 0.930. The van der Waals surface area contributed by atoms with Gasteiger partial charge in [0.05, 0.1) is 0 Å². The molecule has 0 nitrogen and oxygen atoms in total. The van der Waals surface area contributed by atoms with Crippen LogP contribution in [0.4, 0.5) is 0 Å². The van der Waals surface area contributed by atoms with Crippen molar-refractivity contribution in [3.05, 3.63) is 0 Å². The van der Waals surface area contributed by atoms with Crippen LogP contribution in [0, 0.1) is 59.2 Å². The standard InChI is InChI=1S/C27H48/c1-5-6-7-8-9-10-26-19(4)11-25-16-24(17-27(25)26)23-14-21-12-20(18(2)3)13-22(21)15-23/h18-27H,5-17H2,1-4H3. The number of hydrogen-bond donors (Lipinski definition) is 0. The maximum atomic E-state index is 2.59. The Kier molecular flexibility index (Phi) is 6.60. The van der Waals surface area contributed by atoms with Crippen LogP contribution in [0.25, 0.3) is 0 Å². The number of hydrogen-bond acceptors (Lipinski definition) is 0. The lowest BCUT2D eigenvalue weighted by Crippen LogP contribution is -2.17. The highest BCUT2D eigenvalue weighted by molar-refractivity contribution is 5.00. The molecule has 4 aliphatic rings. The van der Waals surface area contributed by atoms with Gasteiger partial charge >= 0.3 is 0 Å². The minimum absolute atomic E-state index is 0.930. The second kappa shape index (κ2) is 8.79. The van der Waals surface area contributed by atoms with E-state index < -0.39 is 0 Å². The molecule has 0 heterocycles. The Bertz CT molecular complexity index is 451. The summed E-state index contributed by atoms with van der Waals surface area (Å²) in [6, 6.07) is 0. The van der Waals surface area contributed by atoms with Gasteiger partial charge in [-0.25, -0.2) is 0 Å². The molecule has 156 valence electrons. The number of unbranched alkanes of at least 4 members (excludes halogenated alkanes) is 4. The van der Waals surface area contributed by atoms with Gasteiger partial charge < -0.3 is 0 Å². The fraction of sp³-hybridized carbons (Fsp3) is 1.00. The first kappa shape index (κ1) is 20.3. The molecule has 0 N–H and O–H groups in total. The minimum Gasteiger partial charge on any atom is -0.0654 e. The van der Waals surface area contributed by atoms with Crippen LogP contribution in [0.15, 0.2) is 0 Å². The first-order chi connectivity index (χ1) is 13.1. The maximum Gasteiger partial charge on any atom is -0.0352 e. The van der Waals surface area contributed by atoms with Gasteiger partial charge in [-0.15, -0.1) is 0 Å². The Morgan fingerprint density at radius 3 is 1.93 bits per heavy atom. The van der Waals surface area contributed by atoms with Crippen LogP contribution in [-0.4, -0.2) is 0 Å². The van der Waals surface area contributed by atoms with E-state index in [1.54, 1.807) is 51.4 Å². The van der Waals surface area contributed by atoms with Gasteiger partial charge in [-0.1, -0.05) is 59.8 Å². The van der Waals surface area contributed by atoms with Crippen molar-refractivity contribution in [3.63, 3.8) is 0 Å². The summed E-state index contributed by atoms with van der Waals surface area (Å²) in [5.74, 6) is 10.8. The molecule has 0 radical (unpaired) electrons. The molecule has 0 aromatic carbocycles. The molecular weight excluding hydrogens is 324 g/mol. The predicted molar refractivity (Wildman–Crippen MR) is 118 cm³/mol. The average molecular weight is 373 g/mol. The largest absolute Gasteiger partial charge is 0.0654 e. The average Bonchev–Trinajstić information content (AvgIpc) is 3.34. The van der Waals surface area contributed by atoms with Crippen LogP contribution in [0.1, 0.15) is 111 Å². The topological polar surface area (TPSA) is 0 Å². The molecule has 7 unspecified atom stereocenters. The summed E-state index contributed by atoms with van der Waals surface area (Å²) < 4.78 is 0. The number of rotatable bonds is 8. The lowest BCUT2D eigenvalue weighted by molar-refractivity contribution is 0.242. The van der Waals surface area contributed by atoms with E-state index in [2.05, 4.69) is 27.7 Å². The molecule has 4 fully saturated rings. The summed E-state index contributed by atoms with van der Waals surface area (Å²) in [6.07, 6.45) is 20.1. The van der Waals surface area contributed by atoms with Crippen molar-refractivity contribution in [1.82, 2.24) is 0 Å². The second-order valence-electron chi connectivity index (χ2n) is 12.0. The smallest absolute Gasteiger partial charge is 0.0352 e. The molecule has 4 aliphatic carbocycles. The van der Waals surface area contributed by atoms with Crippen molar-refractivity contribution < 1.29 is 0 Å². The number of fused-ring (bicyclic) bond motifs is 2. The van der Waals surface area contributed by atoms with Crippen molar-refractivity contribution in [1.29, 1.82) is 0 Å². The van der Waals surface area contributed by atoms with Crippen molar-refractivity contribution in [2.45, 2.75) is 111 Å². The van der Waals surface area contributed by atoms with Crippen LogP contribution < -0.4 is 0 Å². The Balaban J connectivity index is 1.25. The van der Waals surface area contributed by atoms with Crippen LogP contribution in [0.3, 0.4) is 0 Å². The van der Waals surface area contributed by atoms with Gasteiger partial charge in [-0.3, -0.25) is 0 Å². The molecule has 0 heteroatoms. The molecular formula is C27H48. The van der Waals surface area contributed by atoms with E-state index in [9.17, 15) is 0 Å². The highest BCUT2D eigenvalue weighted by atomic mass is 14.6. The van der Waals surface area contributed by atoms with Crippen LogP contribution in [0.2, 0.25) is 0 Å². The molecule has 27 heavy (non-hydrogen) atoms. The molecule has 4 rings (SSSR count). The van der Waals surface area contributed by atoms with Gasteiger partial charge in [0, 0.05) is 0 Å². The lowest BCUT2D eigenvalue weighted by Gasteiger charge is -2.26. The first-order valence-electron chi connectivity index (χ1n) is 13.1. The molecule has 0 spiro atoms. The molecule has 0 aromatic rings. The van der Waals surface area contributed by atoms with E-state index >= 15 is 0 Å². The summed E-state index contributed by atoms with van der Waals surface area (Å²) >= 11 is 0. The van der Waals surface area contributed by atoms with Crippen LogP contribution in [0.5, 0.6) is 0 Å². The Morgan fingerprint density at radius 2 is 1.26 bits per heavy atom. The molecule has 0 bridgehead atoms. The molecule has 7 atom stereocenters. The zero-order chi connectivity index (χ0) is 19.0. The van der Waals surface area contributed by atoms with Gasteiger partial charge in [-0.05, 0) is 111 Å². The van der Waals surface area contributed by atoms with Crippen molar-refractivity contribution in [2.75, 3.05) is 0 Å². The van der Waals surface area contributed by atoms with E-state index in [-0.39, 0.29) is 0 Å². The summed E-state index contributed by atoms with van der Waals surface area (Å²) in [4.78, 5) is 0. The molecule has 0 saturated heterocycles. The third-order valence-electron chi connectivity index (χ3n) is 10.1. The Morgan fingerprint density at radius 1 is 0.667 bits per heavy atom. The zero-order valence-electron chi connectivity index (χ0n) is 19.0. The summed E-state index contributed by atoms with van der Waals surface area (Å²) in [7, 11) is 0. The third-order valence-corrected chi connectivity index (χ3v) is 10.1. The van der Waals surface area contributed by atoms with Crippen LogP contribution >= 0.6 is 0 Å². The fourth-order valence-corrected chi connectivity index (χ4v) is 8.58. The predicted octanol–water partition coefficient (Wildman–Crippen LogP) is 8.35. The van der Waals surface area contributed by atoms with Gasteiger partial charge in [0.15, 0.2) is 0 Å². The normalized spacial score (nSPS) is 46.3. The van der Waals surface area contributed by atoms with E-state index in [4.69, 9.17) is 0 Å². The summed E-state index contributed by atoms with van der Waals surface area (Å²) in [5.41, 5.74) is 0. The third kappa shape index (κ3) is 4.30. The maximum absolute atomic E-state index is 2.59. The van der Waals surface area contributed by atoms with Crippen molar-refractivity contribution >= 4 is 0 Å². The van der Waals surface area contributed by atoms with E-state index in [1.165, 1.54) is 32.1 Å². The van der Waals surface area contributed by atoms with E-state index in [0.717, 1.165) is 59.2 Å². The monoisotopic (exact) mass is 372 g/mol. The molecule has 0 aliphatic heterocycles. The molecule has 0 amide bonds. The molecule has 4 saturated carbocycles. The quantitative estimate of drug-likeness (QED) is 0.375. The summed E-state index contributed by atoms with van der Waals surface area (Å²) in [5, 5.41) is 0. The summed E-state index contributed by atoms with van der Waals surface area (Å²) in [6.45, 7) is 9.86. The van der Waals surface area contributed by atoms with Crippen molar-refractivity contribution in [3.8, 4) is 0 Å². The highest BCUT2D eigenvalue weighted by Gasteiger charge is 2.51. The fourth-order valence-electron chi connectivity index (χ4n) is 8.58. The van der Waals surface area contributed by atoms with Crippen molar-refractivity contribution in [2.24, 2.45) is 59.2 Å². The lowest BCUT2D eigenvalue weighted by atomic mass is 9.80. The first-order valence-corrected chi connectivity index (χ1v) is 13.1. The van der Waals surface area contributed by atoms with Gasteiger partial charge in [0.2, 0.25) is 0 Å². The Hall–Kier alpha value is 0. The molecule has 0 aromatic heterocycles. The highest BCUT2D eigenvalue weighted by Crippen LogP contribution is 2.60. The van der Waals surface area contributed by atoms with E-state index in [0.29, 0.717) is 0 Å². The Labute approximate surface area is 170 Å². The SMILES string of the molecule is CCCCCCCC1C(C)CC2CC(C3CC4CC(C(C)C)CC4C3)CC21. The zero-order valence-corrected chi connectivity index (χ0v) is 19.0. The second-order valence-corrected chi connectivity index (χ2v) is 12.0. The van der Waals surface area contributed by atoms with Gasteiger partial charge in [0.1, 0.15) is 0 Å². The van der Waals surface area contributed by atoms with Gasteiger partial charge in [0.25, 0.3) is 0 Å². The van der Waals surface area contributed by atoms with Crippen LogP contribution in [-0.2, 0) is 0 Å². The van der Waals surface area contributed by atoms with Gasteiger partial charge in [-0.2, -0.15) is 0 Å².